The second-order valence-electron chi connectivity index (χ2n) is 3.92. The predicted molar refractivity (Wildman–Crippen MR) is 64.5 cm³/mol. The Kier molecular flexibility index (Phi) is 3.19. The number of methoxy groups -OCH3 is 2. The van der Waals surface area contributed by atoms with E-state index in [1.165, 1.54) is 0 Å². The van der Waals surface area contributed by atoms with E-state index < -0.39 is 6.04 Å². The van der Waals surface area contributed by atoms with Gasteiger partial charge in [-0.1, -0.05) is 0 Å². The van der Waals surface area contributed by atoms with Crippen LogP contribution in [0.4, 0.5) is 5.69 Å². The number of nitrogens with two attached hydrogens (primary N) is 1. The van der Waals surface area contributed by atoms with Crippen LogP contribution >= 0.6 is 0 Å². The van der Waals surface area contributed by atoms with Crippen molar-refractivity contribution < 1.29 is 14.3 Å². The Bertz CT molecular complexity index is 434. The normalized spacial score (nSPS) is 19.6. The van der Waals surface area contributed by atoms with Crippen molar-refractivity contribution >= 4 is 11.6 Å². The van der Waals surface area contributed by atoms with Gasteiger partial charge in [0.15, 0.2) is 0 Å². The summed E-state index contributed by atoms with van der Waals surface area (Å²) in [5.74, 6) is 1.26. The quantitative estimate of drug-likeness (QED) is 0.841. The van der Waals surface area contributed by atoms with Crippen LogP contribution in [0, 0.1) is 0 Å². The molecule has 1 aromatic carbocycles. The number of hydrogen-bond donors (Lipinski definition) is 1. The van der Waals surface area contributed by atoms with Crippen molar-refractivity contribution in [2.24, 2.45) is 5.73 Å². The van der Waals surface area contributed by atoms with Crippen LogP contribution in [0.15, 0.2) is 18.2 Å². The Morgan fingerprint density at radius 3 is 2.65 bits per heavy atom. The number of hydrogen-bond acceptors (Lipinski definition) is 4. The molecule has 1 saturated heterocycles. The molecule has 5 nitrogen and oxygen atoms in total. The SMILES string of the molecule is COc1ccc(OC)c(N2CCC(N)C2=O)c1. The van der Waals surface area contributed by atoms with E-state index in [-0.39, 0.29) is 5.91 Å². The van der Waals surface area contributed by atoms with E-state index in [1.54, 1.807) is 37.3 Å². The Morgan fingerprint density at radius 2 is 2.12 bits per heavy atom. The lowest BCUT2D eigenvalue weighted by Gasteiger charge is -2.19. The van der Waals surface area contributed by atoms with Gasteiger partial charge < -0.3 is 20.1 Å². The van der Waals surface area contributed by atoms with E-state index in [0.29, 0.717) is 30.2 Å². The second kappa shape index (κ2) is 4.63. The summed E-state index contributed by atoms with van der Waals surface area (Å²) in [5, 5.41) is 0. The van der Waals surface area contributed by atoms with Gasteiger partial charge in [0.2, 0.25) is 5.91 Å². The minimum atomic E-state index is -0.411. The van der Waals surface area contributed by atoms with Gasteiger partial charge in [0, 0.05) is 12.6 Å². The summed E-state index contributed by atoms with van der Waals surface area (Å²) in [6.45, 7) is 0.615. The zero-order valence-corrected chi connectivity index (χ0v) is 9.97. The fourth-order valence-electron chi connectivity index (χ4n) is 1.95. The molecule has 1 atom stereocenters. The van der Waals surface area contributed by atoms with E-state index >= 15 is 0 Å². The molecule has 0 bridgehead atoms. The predicted octanol–water partition coefficient (Wildman–Crippen LogP) is 0.768. The van der Waals surface area contributed by atoms with Crippen molar-refractivity contribution in [3.8, 4) is 11.5 Å². The number of anilines is 1. The summed E-state index contributed by atoms with van der Waals surface area (Å²) in [4.78, 5) is 13.5. The van der Waals surface area contributed by atoms with Gasteiger partial charge in [-0.05, 0) is 18.6 Å². The fraction of sp³-hybridized carbons (Fsp3) is 0.417. The first-order valence-electron chi connectivity index (χ1n) is 5.46. The molecule has 0 saturated carbocycles. The monoisotopic (exact) mass is 236 g/mol. The van der Waals surface area contributed by atoms with Crippen LogP contribution in [0.5, 0.6) is 11.5 Å². The number of carbonyl (C=O) groups excluding carboxylic acids is 1. The van der Waals surface area contributed by atoms with Crippen molar-refractivity contribution in [2.45, 2.75) is 12.5 Å². The molecule has 0 radical (unpaired) electrons. The van der Waals surface area contributed by atoms with Crippen LogP contribution < -0.4 is 20.1 Å². The average Bonchev–Trinajstić information content (AvgIpc) is 2.69. The Labute approximate surface area is 100 Å². The molecule has 17 heavy (non-hydrogen) atoms. The van der Waals surface area contributed by atoms with Gasteiger partial charge in [0.1, 0.15) is 11.5 Å². The number of rotatable bonds is 3. The van der Waals surface area contributed by atoms with Crippen molar-refractivity contribution in [2.75, 3.05) is 25.7 Å². The van der Waals surface area contributed by atoms with Crippen LogP contribution in [0.1, 0.15) is 6.42 Å². The summed E-state index contributed by atoms with van der Waals surface area (Å²) in [6, 6.07) is 4.95. The molecule has 1 heterocycles. The maximum atomic E-state index is 11.9. The number of amides is 1. The number of ether oxygens (including phenoxy) is 2. The fourth-order valence-corrected chi connectivity index (χ4v) is 1.95. The minimum absolute atomic E-state index is 0.0726. The number of carbonyl (C=O) groups is 1. The molecule has 1 aromatic rings. The Balaban J connectivity index is 2.39. The topological polar surface area (TPSA) is 64.8 Å². The molecule has 0 aromatic heterocycles. The molecule has 1 aliphatic heterocycles. The lowest BCUT2D eigenvalue weighted by Crippen LogP contribution is -2.34. The summed E-state index contributed by atoms with van der Waals surface area (Å²) in [7, 11) is 3.16. The third-order valence-corrected chi connectivity index (χ3v) is 2.92. The van der Waals surface area contributed by atoms with E-state index in [9.17, 15) is 4.79 Å². The Morgan fingerprint density at radius 1 is 1.35 bits per heavy atom. The van der Waals surface area contributed by atoms with Gasteiger partial charge in [-0.3, -0.25) is 4.79 Å². The van der Waals surface area contributed by atoms with E-state index in [4.69, 9.17) is 15.2 Å². The molecule has 5 heteroatoms. The first-order valence-corrected chi connectivity index (χ1v) is 5.46. The van der Waals surface area contributed by atoms with Gasteiger partial charge in [-0.2, -0.15) is 0 Å². The van der Waals surface area contributed by atoms with Crippen LogP contribution in [0.3, 0.4) is 0 Å². The van der Waals surface area contributed by atoms with Crippen molar-refractivity contribution in [3.63, 3.8) is 0 Å². The maximum absolute atomic E-state index is 11.9. The van der Waals surface area contributed by atoms with Gasteiger partial charge >= 0.3 is 0 Å². The second-order valence-corrected chi connectivity index (χ2v) is 3.92. The van der Waals surface area contributed by atoms with Crippen molar-refractivity contribution in [3.05, 3.63) is 18.2 Å². The lowest BCUT2D eigenvalue weighted by atomic mass is 10.2. The molecule has 2 rings (SSSR count). The molecule has 0 aliphatic carbocycles. The average molecular weight is 236 g/mol. The zero-order chi connectivity index (χ0) is 12.4. The standard InChI is InChI=1S/C12H16N2O3/c1-16-8-3-4-11(17-2)10(7-8)14-6-5-9(13)12(14)15/h3-4,7,9H,5-6,13H2,1-2H3. The van der Waals surface area contributed by atoms with Gasteiger partial charge in [-0.15, -0.1) is 0 Å². The highest BCUT2D eigenvalue weighted by Gasteiger charge is 2.31. The first kappa shape index (κ1) is 11.7. The third kappa shape index (κ3) is 2.06. The van der Waals surface area contributed by atoms with Gasteiger partial charge in [-0.25, -0.2) is 0 Å². The van der Waals surface area contributed by atoms with Crippen LogP contribution in [0.25, 0.3) is 0 Å². The van der Waals surface area contributed by atoms with Crippen LogP contribution in [0.2, 0.25) is 0 Å². The lowest BCUT2D eigenvalue weighted by molar-refractivity contribution is -0.118. The van der Waals surface area contributed by atoms with Gasteiger partial charge in [0.05, 0.1) is 25.9 Å². The molecule has 1 unspecified atom stereocenters. The van der Waals surface area contributed by atoms with Gasteiger partial charge in [0.25, 0.3) is 0 Å². The van der Waals surface area contributed by atoms with E-state index in [1.807, 2.05) is 0 Å². The summed E-state index contributed by atoms with van der Waals surface area (Å²) < 4.78 is 10.4. The highest BCUT2D eigenvalue weighted by Crippen LogP contribution is 2.34. The molecule has 1 aliphatic rings. The highest BCUT2D eigenvalue weighted by molar-refractivity contribution is 6.00. The molecule has 92 valence electrons. The summed E-state index contributed by atoms with van der Waals surface area (Å²) >= 11 is 0. The molecule has 1 amide bonds. The summed E-state index contributed by atoms with van der Waals surface area (Å²) in [5.41, 5.74) is 6.42. The number of nitrogens with zero attached hydrogens (tertiary/aromatic N) is 1. The Hall–Kier alpha value is -1.75. The third-order valence-electron chi connectivity index (χ3n) is 2.92. The summed E-state index contributed by atoms with van der Waals surface area (Å²) in [6.07, 6.45) is 0.666. The van der Waals surface area contributed by atoms with Crippen molar-refractivity contribution in [1.29, 1.82) is 0 Å². The molecular weight excluding hydrogens is 220 g/mol. The zero-order valence-electron chi connectivity index (χ0n) is 9.97. The molecule has 0 spiro atoms. The molecule has 2 N–H and O–H groups in total. The van der Waals surface area contributed by atoms with Crippen molar-refractivity contribution in [1.82, 2.24) is 0 Å². The minimum Gasteiger partial charge on any atom is -0.497 e. The van der Waals surface area contributed by atoms with E-state index in [0.717, 1.165) is 0 Å². The highest BCUT2D eigenvalue weighted by atomic mass is 16.5. The smallest absolute Gasteiger partial charge is 0.244 e. The van der Waals surface area contributed by atoms with Crippen LogP contribution in [-0.4, -0.2) is 32.7 Å². The first-order chi connectivity index (χ1) is 8.17. The largest absolute Gasteiger partial charge is 0.497 e. The van der Waals surface area contributed by atoms with Crippen LogP contribution in [-0.2, 0) is 4.79 Å². The molecule has 1 fully saturated rings. The molecular formula is C12H16N2O3. The maximum Gasteiger partial charge on any atom is 0.244 e. The number of benzene rings is 1. The van der Waals surface area contributed by atoms with E-state index in [2.05, 4.69) is 0 Å².